The van der Waals surface area contributed by atoms with Crippen LogP contribution >= 0.6 is 0 Å². The van der Waals surface area contributed by atoms with Gasteiger partial charge in [-0.25, -0.2) is 9.97 Å². The van der Waals surface area contributed by atoms with Crippen LogP contribution in [0.2, 0.25) is 0 Å². The molecule has 0 radical (unpaired) electrons. The molecule has 3 N–H and O–H groups in total. The fourth-order valence-electron chi connectivity index (χ4n) is 2.43. The molecule has 0 aliphatic rings. The highest BCUT2D eigenvalue weighted by molar-refractivity contribution is 5.85. The number of hydrogen-bond acceptors (Lipinski definition) is 7. The van der Waals surface area contributed by atoms with Crippen LogP contribution in [-0.4, -0.2) is 35.2 Å². The summed E-state index contributed by atoms with van der Waals surface area (Å²) in [5, 5.41) is 4.16. The number of pyridine rings is 1. The van der Waals surface area contributed by atoms with Crippen molar-refractivity contribution in [2.24, 2.45) is 0 Å². The number of benzene rings is 1. The van der Waals surface area contributed by atoms with Gasteiger partial charge in [0.05, 0.1) is 0 Å². The lowest BCUT2D eigenvalue weighted by Crippen LogP contribution is -2.09. The van der Waals surface area contributed by atoms with Crippen molar-refractivity contribution in [1.29, 1.82) is 0 Å². The average Bonchev–Trinajstić information content (AvgIpc) is 2.62. The topological polar surface area (TPSA) is 95.2 Å². The van der Waals surface area contributed by atoms with Crippen LogP contribution in [0.15, 0.2) is 36.7 Å². The number of nitrogens with two attached hydrogens (primary N) is 1. The number of methoxy groups -OCH3 is 1. The molecule has 0 atom stereocenters. The number of ether oxygens (including phenoxy) is 2. The Morgan fingerprint density at radius 1 is 1.16 bits per heavy atom. The molecule has 130 valence electrons. The Labute approximate surface area is 146 Å². The third kappa shape index (κ3) is 3.95. The quantitative estimate of drug-likeness (QED) is 0.638. The summed E-state index contributed by atoms with van der Waals surface area (Å²) in [4.78, 5) is 12.9. The lowest BCUT2D eigenvalue weighted by molar-refractivity contribution is 0.198. The standard InChI is InChI=1S/C18H21N5O2/c1-12-7-8-13-5-3-6-14(16(13)23-12)25-18-15(19)17(21-11-22-18)20-9-4-10-24-2/h3,5-8,11H,4,9-10,19H2,1-2H3,(H,20,21,22). The number of nitrogens with one attached hydrogen (secondary N) is 1. The van der Waals surface area contributed by atoms with Crippen LogP contribution in [0.5, 0.6) is 11.6 Å². The molecule has 0 saturated heterocycles. The zero-order chi connectivity index (χ0) is 17.6. The zero-order valence-electron chi connectivity index (χ0n) is 14.3. The lowest BCUT2D eigenvalue weighted by atomic mass is 10.2. The van der Waals surface area contributed by atoms with Crippen LogP contribution in [0.3, 0.4) is 0 Å². The van der Waals surface area contributed by atoms with Crippen molar-refractivity contribution >= 4 is 22.4 Å². The Morgan fingerprint density at radius 2 is 2.04 bits per heavy atom. The molecule has 2 heterocycles. The number of hydrogen-bond donors (Lipinski definition) is 2. The number of para-hydroxylation sites is 1. The molecule has 0 spiro atoms. The van der Waals surface area contributed by atoms with Gasteiger partial charge in [0.15, 0.2) is 11.6 Å². The summed E-state index contributed by atoms with van der Waals surface area (Å²) < 4.78 is 11.0. The Morgan fingerprint density at radius 3 is 2.88 bits per heavy atom. The number of nitrogen functional groups attached to an aromatic ring is 1. The van der Waals surface area contributed by atoms with Gasteiger partial charge in [-0.1, -0.05) is 18.2 Å². The molecule has 0 bridgehead atoms. The molecular weight excluding hydrogens is 318 g/mol. The highest BCUT2D eigenvalue weighted by atomic mass is 16.5. The Bertz CT molecular complexity index is 869. The highest BCUT2D eigenvalue weighted by Crippen LogP contribution is 2.32. The van der Waals surface area contributed by atoms with Gasteiger partial charge in [0.1, 0.15) is 17.5 Å². The fraction of sp³-hybridized carbons (Fsp3) is 0.278. The first-order chi connectivity index (χ1) is 12.2. The van der Waals surface area contributed by atoms with Crippen molar-refractivity contribution in [2.75, 3.05) is 31.3 Å². The number of nitrogens with zero attached hydrogens (tertiary/aromatic N) is 3. The van der Waals surface area contributed by atoms with E-state index in [-0.39, 0.29) is 0 Å². The van der Waals surface area contributed by atoms with Gasteiger partial charge in [-0.05, 0) is 25.5 Å². The number of aromatic nitrogens is 3. The number of anilines is 2. The Hall–Kier alpha value is -2.93. The fourth-order valence-corrected chi connectivity index (χ4v) is 2.43. The molecule has 3 rings (SSSR count). The second-order valence-electron chi connectivity index (χ2n) is 5.60. The zero-order valence-corrected chi connectivity index (χ0v) is 14.3. The number of rotatable bonds is 7. The second-order valence-corrected chi connectivity index (χ2v) is 5.60. The molecular formula is C18H21N5O2. The molecule has 0 aliphatic heterocycles. The van der Waals surface area contributed by atoms with Gasteiger partial charge in [0.2, 0.25) is 5.88 Å². The smallest absolute Gasteiger partial charge is 0.248 e. The first kappa shape index (κ1) is 16.9. The molecule has 3 aromatic rings. The maximum atomic E-state index is 6.16. The first-order valence-electron chi connectivity index (χ1n) is 8.06. The first-order valence-corrected chi connectivity index (χ1v) is 8.06. The van der Waals surface area contributed by atoms with Gasteiger partial charge in [-0.2, -0.15) is 4.98 Å². The summed E-state index contributed by atoms with van der Waals surface area (Å²) in [6.45, 7) is 3.31. The van der Waals surface area contributed by atoms with E-state index in [9.17, 15) is 0 Å². The van der Waals surface area contributed by atoms with E-state index < -0.39 is 0 Å². The average molecular weight is 339 g/mol. The van der Waals surface area contributed by atoms with E-state index in [2.05, 4.69) is 20.3 Å². The minimum absolute atomic E-state index is 0.306. The summed E-state index contributed by atoms with van der Waals surface area (Å²) in [5.41, 5.74) is 8.21. The van der Waals surface area contributed by atoms with E-state index in [4.69, 9.17) is 15.2 Å². The monoisotopic (exact) mass is 339 g/mol. The van der Waals surface area contributed by atoms with Crippen molar-refractivity contribution in [3.05, 3.63) is 42.4 Å². The minimum Gasteiger partial charge on any atom is -0.435 e. The molecule has 0 aliphatic carbocycles. The molecule has 0 fully saturated rings. The molecule has 25 heavy (non-hydrogen) atoms. The normalized spacial score (nSPS) is 10.8. The Balaban J connectivity index is 1.85. The van der Waals surface area contributed by atoms with Crippen molar-refractivity contribution in [3.8, 4) is 11.6 Å². The van der Waals surface area contributed by atoms with Crippen molar-refractivity contribution < 1.29 is 9.47 Å². The maximum absolute atomic E-state index is 6.16. The van der Waals surface area contributed by atoms with Crippen LogP contribution < -0.4 is 15.8 Å². The van der Waals surface area contributed by atoms with Crippen molar-refractivity contribution in [2.45, 2.75) is 13.3 Å². The van der Waals surface area contributed by atoms with E-state index in [1.807, 2.05) is 37.3 Å². The summed E-state index contributed by atoms with van der Waals surface area (Å²) in [6, 6.07) is 9.72. The molecule has 7 nitrogen and oxygen atoms in total. The number of aryl methyl sites for hydroxylation is 1. The van der Waals surface area contributed by atoms with Gasteiger partial charge in [-0.15, -0.1) is 0 Å². The molecule has 1 aromatic carbocycles. The van der Waals surface area contributed by atoms with Crippen LogP contribution in [0.25, 0.3) is 10.9 Å². The molecule has 0 amide bonds. The van der Waals surface area contributed by atoms with E-state index in [0.717, 1.165) is 23.0 Å². The summed E-state index contributed by atoms with van der Waals surface area (Å²) in [6.07, 6.45) is 2.27. The van der Waals surface area contributed by atoms with E-state index in [1.165, 1.54) is 6.33 Å². The second kappa shape index (κ2) is 7.76. The van der Waals surface area contributed by atoms with E-state index in [1.54, 1.807) is 7.11 Å². The van der Waals surface area contributed by atoms with Gasteiger partial charge in [0, 0.05) is 31.3 Å². The van der Waals surface area contributed by atoms with Crippen molar-refractivity contribution in [3.63, 3.8) is 0 Å². The van der Waals surface area contributed by atoms with Crippen LogP contribution in [0, 0.1) is 6.92 Å². The molecule has 2 aromatic heterocycles. The van der Waals surface area contributed by atoms with Crippen LogP contribution in [-0.2, 0) is 4.74 Å². The predicted molar refractivity (Wildman–Crippen MR) is 98.0 cm³/mol. The van der Waals surface area contributed by atoms with Gasteiger partial charge in [0.25, 0.3) is 0 Å². The minimum atomic E-state index is 0.306. The van der Waals surface area contributed by atoms with Crippen molar-refractivity contribution in [1.82, 2.24) is 15.0 Å². The molecule has 0 saturated carbocycles. The number of fused-ring (bicyclic) bond motifs is 1. The largest absolute Gasteiger partial charge is 0.435 e. The Kier molecular flexibility index (Phi) is 5.25. The van der Waals surface area contributed by atoms with E-state index in [0.29, 0.717) is 36.3 Å². The lowest BCUT2D eigenvalue weighted by Gasteiger charge is -2.12. The SMILES string of the molecule is COCCCNc1ncnc(Oc2cccc3ccc(C)nc23)c1N. The van der Waals surface area contributed by atoms with Gasteiger partial charge >= 0.3 is 0 Å². The third-order valence-electron chi connectivity index (χ3n) is 3.69. The highest BCUT2D eigenvalue weighted by Gasteiger charge is 2.12. The molecule has 7 heteroatoms. The van der Waals surface area contributed by atoms with Gasteiger partial charge < -0.3 is 20.5 Å². The predicted octanol–water partition coefficient (Wildman–Crippen LogP) is 3.16. The third-order valence-corrected chi connectivity index (χ3v) is 3.69. The molecule has 0 unspecified atom stereocenters. The van der Waals surface area contributed by atoms with Crippen LogP contribution in [0.1, 0.15) is 12.1 Å². The summed E-state index contributed by atoms with van der Waals surface area (Å²) in [7, 11) is 1.67. The van der Waals surface area contributed by atoms with Gasteiger partial charge in [-0.3, -0.25) is 0 Å². The van der Waals surface area contributed by atoms with E-state index >= 15 is 0 Å². The maximum Gasteiger partial charge on any atom is 0.248 e. The van der Waals surface area contributed by atoms with Crippen LogP contribution in [0.4, 0.5) is 11.5 Å². The summed E-state index contributed by atoms with van der Waals surface area (Å²) in [5.74, 6) is 1.46. The summed E-state index contributed by atoms with van der Waals surface area (Å²) >= 11 is 0.